The predicted molar refractivity (Wildman–Crippen MR) is 99.9 cm³/mol. The average molecular weight is 359 g/mol. The lowest BCUT2D eigenvalue weighted by molar-refractivity contribution is -0.142. The number of carboxylic acid groups (broad SMARTS) is 1. The van der Waals surface area contributed by atoms with Crippen LogP contribution >= 0.6 is 11.8 Å². The summed E-state index contributed by atoms with van der Waals surface area (Å²) in [5.74, 6) is -0.238. The first-order valence-electron chi connectivity index (χ1n) is 7.90. The molecule has 0 saturated carbocycles. The number of nitrogens with one attached hydrogen (secondary N) is 1. The highest BCUT2D eigenvalue weighted by Crippen LogP contribution is 2.29. The second-order valence-corrected chi connectivity index (χ2v) is 6.38. The molecule has 0 aliphatic carbocycles. The maximum absolute atomic E-state index is 12.0. The van der Waals surface area contributed by atoms with Gasteiger partial charge in [0.15, 0.2) is 6.61 Å². The molecule has 0 saturated heterocycles. The zero-order valence-corrected chi connectivity index (χ0v) is 14.8. The number of aliphatic carboxylic acids is 1. The van der Waals surface area contributed by atoms with Gasteiger partial charge in [-0.25, -0.2) is 4.79 Å². The fourth-order valence-corrected chi connectivity index (χ4v) is 2.79. The molecule has 0 aliphatic heterocycles. The van der Waals surface area contributed by atoms with Gasteiger partial charge < -0.3 is 15.2 Å². The second kappa shape index (κ2) is 9.74. The van der Waals surface area contributed by atoms with E-state index in [9.17, 15) is 9.59 Å². The number of hydrogen-bond donors (Lipinski definition) is 2. The van der Waals surface area contributed by atoms with E-state index in [0.717, 1.165) is 11.1 Å². The van der Waals surface area contributed by atoms with Crippen molar-refractivity contribution in [3.63, 3.8) is 0 Å². The van der Waals surface area contributed by atoms with Gasteiger partial charge in [-0.15, -0.1) is 0 Å². The molecular formula is C19H21NO4S. The van der Waals surface area contributed by atoms with Crippen molar-refractivity contribution in [2.75, 3.05) is 18.6 Å². The molecular weight excluding hydrogens is 338 g/mol. The number of carboxylic acids is 1. The number of carbonyl (C=O) groups excluding carboxylic acids is 1. The van der Waals surface area contributed by atoms with E-state index in [0.29, 0.717) is 17.9 Å². The van der Waals surface area contributed by atoms with Crippen LogP contribution in [0.15, 0.2) is 54.6 Å². The maximum Gasteiger partial charge on any atom is 0.326 e. The van der Waals surface area contributed by atoms with Crippen LogP contribution in [0.4, 0.5) is 0 Å². The summed E-state index contributed by atoms with van der Waals surface area (Å²) < 4.78 is 5.63. The summed E-state index contributed by atoms with van der Waals surface area (Å²) in [5.41, 5.74) is 1.87. The van der Waals surface area contributed by atoms with Gasteiger partial charge in [0.05, 0.1) is 0 Å². The molecule has 0 fully saturated rings. The summed E-state index contributed by atoms with van der Waals surface area (Å²) in [6.45, 7) is -0.229. The third-order valence-electron chi connectivity index (χ3n) is 3.57. The van der Waals surface area contributed by atoms with E-state index in [1.807, 2.05) is 54.8 Å². The lowest BCUT2D eigenvalue weighted by Crippen LogP contribution is -2.43. The van der Waals surface area contributed by atoms with Crippen LogP contribution in [0.2, 0.25) is 0 Å². The van der Waals surface area contributed by atoms with Crippen molar-refractivity contribution in [2.45, 2.75) is 12.5 Å². The molecule has 0 radical (unpaired) electrons. The Morgan fingerprint density at radius 1 is 1.12 bits per heavy atom. The van der Waals surface area contributed by atoms with E-state index in [4.69, 9.17) is 9.84 Å². The first kappa shape index (κ1) is 18.9. The van der Waals surface area contributed by atoms with E-state index in [-0.39, 0.29) is 6.61 Å². The quantitative estimate of drug-likeness (QED) is 0.720. The molecule has 1 amide bonds. The van der Waals surface area contributed by atoms with Crippen molar-refractivity contribution in [1.82, 2.24) is 5.32 Å². The highest BCUT2D eigenvalue weighted by Gasteiger charge is 2.19. The second-order valence-electron chi connectivity index (χ2n) is 5.39. The summed E-state index contributed by atoms with van der Waals surface area (Å²) in [6, 6.07) is 16.3. The third-order valence-corrected chi connectivity index (χ3v) is 4.22. The average Bonchev–Trinajstić information content (AvgIpc) is 2.64. The third kappa shape index (κ3) is 5.83. The van der Waals surface area contributed by atoms with Gasteiger partial charge >= 0.3 is 5.97 Å². The van der Waals surface area contributed by atoms with Gasteiger partial charge in [-0.3, -0.25) is 4.79 Å². The summed E-state index contributed by atoms with van der Waals surface area (Å²) in [4.78, 5) is 23.2. The molecule has 5 nitrogen and oxygen atoms in total. The lowest BCUT2D eigenvalue weighted by atomic mass is 10.1. The van der Waals surface area contributed by atoms with Crippen LogP contribution in [0.3, 0.4) is 0 Å². The Morgan fingerprint density at radius 2 is 1.80 bits per heavy atom. The molecule has 0 aliphatic rings. The molecule has 0 aromatic heterocycles. The molecule has 2 aromatic carbocycles. The molecule has 25 heavy (non-hydrogen) atoms. The minimum atomic E-state index is -1.04. The molecule has 2 rings (SSSR count). The molecule has 0 unspecified atom stereocenters. The van der Waals surface area contributed by atoms with E-state index in [1.54, 1.807) is 6.07 Å². The van der Waals surface area contributed by atoms with Crippen molar-refractivity contribution in [3.05, 3.63) is 54.6 Å². The number of amides is 1. The highest BCUT2D eigenvalue weighted by molar-refractivity contribution is 7.98. The molecule has 132 valence electrons. The van der Waals surface area contributed by atoms with Gasteiger partial charge in [0.25, 0.3) is 5.91 Å². The molecule has 2 aromatic rings. The van der Waals surface area contributed by atoms with Gasteiger partial charge in [0.1, 0.15) is 11.8 Å². The minimum Gasteiger partial charge on any atom is -0.483 e. The Hall–Kier alpha value is -2.47. The summed E-state index contributed by atoms with van der Waals surface area (Å²) >= 11 is 1.54. The standard InChI is InChI=1S/C19H21NO4S/c1-25-12-11-16(19(22)23)20-18(21)13-24-17-10-6-5-9-15(17)14-7-3-2-4-8-14/h2-10,16H,11-13H2,1H3,(H,20,21)(H,22,23)/t16-/m1/s1. The minimum absolute atomic E-state index is 0.229. The monoisotopic (exact) mass is 359 g/mol. The lowest BCUT2D eigenvalue weighted by Gasteiger charge is -2.15. The fraction of sp³-hybridized carbons (Fsp3) is 0.263. The van der Waals surface area contributed by atoms with Crippen LogP contribution in [0.5, 0.6) is 5.75 Å². The molecule has 6 heteroatoms. The Bertz CT molecular complexity index is 706. The molecule has 0 spiro atoms. The van der Waals surface area contributed by atoms with Crippen molar-refractivity contribution in [2.24, 2.45) is 0 Å². The summed E-state index contributed by atoms with van der Waals surface area (Å²) in [7, 11) is 0. The van der Waals surface area contributed by atoms with Crippen molar-refractivity contribution < 1.29 is 19.4 Å². The smallest absolute Gasteiger partial charge is 0.326 e. The topological polar surface area (TPSA) is 75.6 Å². The van der Waals surface area contributed by atoms with Crippen molar-refractivity contribution >= 4 is 23.6 Å². The Morgan fingerprint density at radius 3 is 2.48 bits per heavy atom. The largest absolute Gasteiger partial charge is 0.483 e. The normalized spacial score (nSPS) is 11.6. The van der Waals surface area contributed by atoms with E-state index >= 15 is 0 Å². The summed E-state index contributed by atoms with van der Waals surface area (Å²) in [5, 5.41) is 11.7. The molecule has 0 heterocycles. The SMILES string of the molecule is CSCC[C@@H](NC(=O)COc1ccccc1-c1ccccc1)C(=O)O. The van der Waals surface area contributed by atoms with Gasteiger partial charge in [-0.05, 0) is 30.1 Å². The van der Waals surface area contributed by atoms with Crippen LogP contribution < -0.4 is 10.1 Å². The first-order chi connectivity index (χ1) is 12.1. The Labute approximate surface area is 151 Å². The highest BCUT2D eigenvalue weighted by atomic mass is 32.2. The van der Waals surface area contributed by atoms with E-state index in [2.05, 4.69) is 5.32 Å². The van der Waals surface area contributed by atoms with Crippen LogP contribution in [-0.4, -0.2) is 41.6 Å². The van der Waals surface area contributed by atoms with Crippen LogP contribution in [-0.2, 0) is 9.59 Å². The van der Waals surface area contributed by atoms with Crippen molar-refractivity contribution in [1.29, 1.82) is 0 Å². The van der Waals surface area contributed by atoms with E-state index < -0.39 is 17.9 Å². The van der Waals surface area contributed by atoms with Crippen molar-refractivity contribution in [3.8, 4) is 16.9 Å². The number of carbonyl (C=O) groups is 2. The van der Waals surface area contributed by atoms with Gasteiger partial charge in [0.2, 0.25) is 0 Å². The van der Waals surface area contributed by atoms with Crippen LogP contribution in [0.1, 0.15) is 6.42 Å². The summed E-state index contributed by atoms with van der Waals surface area (Å²) in [6.07, 6.45) is 2.27. The van der Waals surface area contributed by atoms with Gasteiger partial charge in [0, 0.05) is 5.56 Å². The zero-order chi connectivity index (χ0) is 18.1. The van der Waals surface area contributed by atoms with Gasteiger partial charge in [-0.2, -0.15) is 11.8 Å². The van der Waals surface area contributed by atoms with Crippen LogP contribution in [0, 0.1) is 0 Å². The maximum atomic E-state index is 12.0. The number of para-hydroxylation sites is 1. The predicted octanol–water partition coefficient (Wildman–Crippen LogP) is 3.05. The number of rotatable bonds is 9. The zero-order valence-electron chi connectivity index (χ0n) is 14.0. The molecule has 2 N–H and O–H groups in total. The van der Waals surface area contributed by atoms with Crippen LogP contribution in [0.25, 0.3) is 11.1 Å². The molecule has 1 atom stereocenters. The first-order valence-corrected chi connectivity index (χ1v) is 9.29. The fourth-order valence-electron chi connectivity index (χ4n) is 2.32. The Kier molecular flexibility index (Phi) is 7.35. The Balaban J connectivity index is 1.99. The number of hydrogen-bond acceptors (Lipinski definition) is 4. The molecule has 0 bridgehead atoms. The number of thioether (sulfide) groups is 1. The number of benzene rings is 2. The van der Waals surface area contributed by atoms with Gasteiger partial charge in [-0.1, -0.05) is 48.5 Å². The van der Waals surface area contributed by atoms with E-state index in [1.165, 1.54) is 11.8 Å². The number of ether oxygens (including phenoxy) is 1.